The number of nitrogens with two attached hydrogens (primary N) is 1. The number of carbonyl (C=O) groups is 1. The number of hydrogen-bond acceptors (Lipinski definition) is 10. The highest BCUT2D eigenvalue weighted by Gasteiger charge is 2.23. The summed E-state index contributed by atoms with van der Waals surface area (Å²) in [5.74, 6) is 0.594. The van der Waals surface area contributed by atoms with Crippen LogP contribution in [0.25, 0.3) is 16.6 Å². The van der Waals surface area contributed by atoms with Crippen LogP contribution >= 0.6 is 0 Å². The van der Waals surface area contributed by atoms with Crippen molar-refractivity contribution >= 4 is 28.2 Å². The molecule has 0 atom stereocenters. The van der Waals surface area contributed by atoms with Crippen molar-refractivity contribution in [3.63, 3.8) is 0 Å². The summed E-state index contributed by atoms with van der Waals surface area (Å²) in [6.45, 7) is 3.76. The molecule has 0 saturated heterocycles. The Morgan fingerprint density at radius 2 is 1.92 bits per heavy atom. The Balaban J connectivity index is 1.32. The number of ether oxygens (including phenoxy) is 2. The molecule has 2 heterocycles. The Labute approximate surface area is 217 Å². The number of hydrogen-bond donors (Lipinski definition) is 2. The molecule has 0 radical (unpaired) electrons. The van der Waals surface area contributed by atoms with E-state index in [2.05, 4.69) is 54.0 Å². The first-order valence-corrected chi connectivity index (χ1v) is 11.6. The van der Waals surface area contributed by atoms with E-state index in [0.29, 0.717) is 29.5 Å². The van der Waals surface area contributed by atoms with E-state index < -0.39 is 5.91 Å². The first-order chi connectivity index (χ1) is 18.5. The molecule has 0 aliphatic rings. The van der Waals surface area contributed by atoms with Crippen LogP contribution < -0.4 is 20.6 Å². The molecular weight excluding hydrogens is 488 g/mol. The number of fused-ring (bicyclic) bond motifs is 1. The molecule has 38 heavy (non-hydrogen) atoms. The van der Waals surface area contributed by atoms with Crippen LogP contribution in [0.4, 0.5) is 5.82 Å². The summed E-state index contributed by atoms with van der Waals surface area (Å²) in [5.41, 5.74) is 11.0. The van der Waals surface area contributed by atoms with Gasteiger partial charge in [-0.15, -0.1) is 5.10 Å². The average Bonchev–Trinajstić information content (AvgIpc) is 3.54. The van der Waals surface area contributed by atoms with Gasteiger partial charge in [0.2, 0.25) is 11.6 Å². The van der Waals surface area contributed by atoms with E-state index in [9.17, 15) is 4.79 Å². The molecule has 12 nitrogen and oxygen atoms in total. The number of aromatic nitrogens is 5. The molecule has 0 unspecified atom stereocenters. The highest BCUT2D eigenvalue weighted by molar-refractivity contribution is 6.01. The number of nitrogen functional groups attached to an aromatic ring is 1. The number of amides is 1. The number of nitrogens with one attached hydrogen (secondary N) is 1. The maximum Gasteiger partial charge on any atom is 0.292 e. The summed E-state index contributed by atoms with van der Waals surface area (Å²) in [7, 11) is 1.57. The van der Waals surface area contributed by atoms with Gasteiger partial charge in [-0.05, 0) is 58.7 Å². The zero-order valence-corrected chi connectivity index (χ0v) is 20.9. The minimum absolute atomic E-state index is 0.0292. The summed E-state index contributed by atoms with van der Waals surface area (Å²) >= 11 is 0. The van der Waals surface area contributed by atoms with Gasteiger partial charge in [0.1, 0.15) is 6.61 Å². The van der Waals surface area contributed by atoms with Crippen molar-refractivity contribution in [1.82, 2.24) is 30.7 Å². The molecule has 2 aromatic heterocycles. The maximum atomic E-state index is 12.9. The Kier molecular flexibility index (Phi) is 6.68. The van der Waals surface area contributed by atoms with E-state index in [1.807, 2.05) is 36.4 Å². The first-order valence-electron chi connectivity index (χ1n) is 11.6. The van der Waals surface area contributed by atoms with E-state index in [-0.39, 0.29) is 17.3 Å². The van der Waals surface area contributed by atoms with Crippen LogP contribution in [-0.4, -0.2) is 44.0 Å². The molecule has 0 aliphatic heterocycles. The molecule has 1 amide bonds. The summed E-state index contributed by atoms with van der Waals surface area (Å²) in [6.07, 6.45) is 0. The fourth-order valence-electron chi connectivity index (χ4n) is 3.94. The van der Waals surface area contributed by atoms with Crippen molar-refractivity contribution in [1.29, 1.82) is 0 Å². The molecular formula is C26H24N8O4. The van der Waals surface area contributed by atoms with Gasteiger partial charge in [0.15, 0.2) is 17.2 Å². The molecule has 3 aromatic carbocycles. The fourth-order valence-corrected chi connectivity index (χ4v) is 3.94. The first kappa shape index (κ1) is 24.4. The summed E-state index contributed by atoms with van der Waals surface area (Å²) < 4.78 is 17.4. The van der Waals surface area contributed by atoms with Gasteiger partial charge in [0.05, 0.1) is 18.5 Å². The monoisotopic (exact) mass is 512 g/mol. The Bertz CT molecular complexity index is 1650. The Morgan fingerprint density at radius 1 is 1.11 bits per heavy atom. The van der Waals surface area contributed by atoms with Crippen LogP contribution in [0.3, 0.4) is 0 Å². The normalized spacial score (nSPS) is 11.5. The maximum absolute atomic E-state index is 12.9. The molecule has 12 heteroatoms. The van der Waals surface area contributed by atoms with Crippen molar-refractivity contribution in [3.8, 4) is 17.3 Å². The third kappa shape index (κ3) is 4.74. The number of aryl methyl sites for hydroxylation is 1. The number of carbonyl (C=O) groups excluding carboxylic acids is 1. The van der Waals surface area contributed by atoms with E-state index >= 15 is 0 Å². The Hall–Kier alpha value is -5.26. The minimum atomic E-state index is -0.559. The second kappa shape index (κ2) is 10.4. The molecule has 5 aromatic rings. The highest BCUT2D eigenvalue weighted by atomic mass is 16.6. The Morgan fingerprint density at radius 3 is 2.71 bits per heavy atom. The van der Waals surface area contributed by atoms with Crippen molar-refractivity contribution in [2.75, 3.05) is 12.8 Å². The van der Waals surface area contributed by atoms with Gasteiger partial charge in [0.25, 0.3) is 5.91 Å². The lowest BCUT2D eigenvalue weighted by Crippen LogP contribution is -2.24. The lowest BCUT2D eigenvalue weighted by Gasteiger charge is -2.13. The van der Waals surface area contributed by atoms with E-state index in [4.69, 9.17) is 15.2 Å². The van der Waals surface area contributed by atoms with Gasteiger partial charge >= 0.3 is 0 Å². The lowest BCUT2D eigenvalue weighted by atomic mass is 10.1. The van der Waals surface area contributed by atoms with Gasteiger partial charge in [-0.25, -0.2) is 10.1 Å². The van der Waals surface area contributed by atoms with Gasteiger partial charge in [-0.2, -0.15) is 9.78 Å². The second-order valence-corrected chi connectivity index (χ2v) is 8.34. The molecule has 0 saturated carbocycles. The zero-order chi connectivity index (χ0) is 26.6. The molecule has 0 spiro atoms. The second-order valence-electron chi connectivity index (χ2n) is 8.34. The van der Waals surface area contributed by atoms with Crippen LogP contribution in [0, 0.1) is 6.92 Å². The lowest BCUT2D eigenvalue weighted by molar-refractivity contribution is 0.0946. The van der Waals surface area contributed by atoms with Crippen molar-refractivity contribution in [2.45, 2.75) is 20.5 Å². The largest absolute Gasteiger partial charge is 0.493 e. The van der Waals surface area contributed by atoms with Crippen LogP contribution in [0.1, 0.15) is 34.2 Å². The quantitative estimate of drug-likeness (QED) is 0.235. The van der Waals surface area contributed by atoms with E-state index in [1.54, 1.807) is 27.0 Å². The van der Waals surface area contributed by atoms with Gasteiger partial charge in [0, 0.05) is 5.56 Å². The van der Waals surface area contributed by atoms with Gasteiger partial charge < -0.3 is 15.2 Å². The summed E-state index contributed by atoms with van der Waals surface area (Å²) in [5, 5.41) is 21.5. The molecule has 3 N–H and O–H groups in total. The fraction of sp³-hybridized carbons (Fsp3) is 0.154. The van der Waals surface area contributed by atoms with Crippen LogP contribution in [-0.2, 0) is 6.61 Å². The number of methoxy groups -OCH3 is 1. The number of rotatable bonds is 8. The van der Waals surface area contributed by atoms with Crippen molar-refractivity contribution in [3.05, 3.63) is 83.2 Å². The summed E-state index contributed by atoms with van der Waals surface area (Å²) in [6, 6.07) is 19.7. The van der Waals surface area contributed by atoms with Gasteiger partial charge in [-0.1, -0.05) is 47.7 Å². The third-order valence-electron chi connectivity index (χ3n) is 5.92. The molecule has 192 valence electrons. The molecule has 5 rings (SSSR count). The third-order valence-corrected chi connectivity index (χ3v) is 5.92. The molecule has 0 fully saturated rings. The van der Waals surface area contributed by atoms with E-state index in [1.165, 1.54) is 0 Å². The van der Waals surface area contributed by atoms with Crippen molar-refractivity contribution in [2.24, 2.45) is 5.10 Å². The number of nitrogens with zero attached hydrogens (tertiary/aromatic N) is 6. The smallest absolute Gasteiger partial charge is 0.292 e. The van der Waals surface area contributed by atoms with Gasteiger partial charge in [-0.3, -0.25) is 4.79 Å². The van der Waals surface area contributed by atoms with Crippen molar-refractivity contribution < 1.29 is 18.9 Å². The predicted molar refractivity (Wildman–Crippen MR) is 139 cm³/mol. The average molecular weight is 513 g/mol. The number of hydrazone groups is 1. The number of anilines is 1. The SMILES string of the molecule is COc1cc(/C(C)=N\NC(=O)c2c(C)nnn2-c2nonc2N)ccc1OCc1cccc2ccccc12. The molecule has 0 bridgehead atoms. The van der Waals surface area contributed by atoms with Crippen LogP contribution in [0.5, 0.6) is 11.5 Å². The topological polar surface area (TPSA) is 156 Å². The van der Waals surface area contributed by atoms with Crippen LogP contribution in [0.15, 0.2) is 70.4 Å². The number of benzene rings is 3. The summed E-state index contributed by atoms with van der Waals surface area (Å²) in [4.78, 5) is 12.9. The molecule has 0 aliphatic carbocycles. The van der Waals surface area contributed by atoms with Crippen LogP contribution in [0.2, 0.25) is 0 Å². The highest BCUT2D eigenvalue weighted by Crippen LogP contribution is 2.30. The predicted octanol–water partition coefficient (Wildman–Crippen LogP) is 3.44. The van der Waals surface area contributed by atoms with E-state index in [0.717, 1.165) is 26.6 Å². The standard InChI is InChI=1S/C26H24N8O4/c1-15(28-30-26(35)23-16(2)29-33-34(23)25-24(27)31-38-32-25)18-11-12-21(22(13-18)36-3)37-14-19-9-6-8-17-7-4-5-10-20(17)19/h4-13H,14H2,1-3H3,(H2,27,31)(H,30,35)/b28-15-. The zero-order valence-electron chi connectivity index (χ0n) is 20.9. The minimum Gasteiger partial charge on any atom is -0.493 e.